The van der Waals surface area contributed by atoms with Crippen LogP contribution in [0.15, 0.2) is 58.5 Å². The summed E-state index contributed by atoms with van der Waals surface area (Å²) >= 11 is 1.49. The second-order valence-electron chi connectivity index (χ2n) is 7.01. The van der Waals surface area contributed by atoms with E-state index in [0.717, 1.165) is 34.9 Å². The maximum Gasteiger partial charge on any atom is 0.262 e. The molecule has 1 fully saturated rings. The number of rotatable bonds is 6. The molecule has 1 amide bonds. The van der Waals surface area contributed by atoms with Crippen molar-refractivity contribution in [1.29, 1.82) is 0 Å². The number of furan rings is 1. The van der Waals surface area contributed by atoms with E-state index in [9.17, 15) is 4.79 Å². The van der Waals surface area contributed by atoms with Crippen LogP contribution in [0, 0.1) is 6.92 Å². The number of nitrogens with one attached hydrogen (secondary N) is 1. The van der Waals surface area contributed by atoms with Gasteiger partial charge in [0.15, 0.2) is 0 Å². The predicted octanol–water partition coefficient (Wildman–Crippen LogP) is 4.88. The van der Waals surface area contributed by atoms with Gasteiger partial charge < -0.3 is 9.73 Å². The lowest BCUT2D eigenvalue weighted by atomic mass is 10.0. The third-order valence-corrected chi connectivity index (χ3v) is 6.06. The first-order chi connectivity index (χ1) is 13.2. The molecule has 0 bridgehead atoms. The lowest BCUT2D eigenvalue weighted by Gasteiger charge is -2.26. The number of nitrogens with zero attached hydrogens (tertiary/aromatic N) is 1. The molecule has 0 aliphatic carbocycles. The van der Waals surface area contributed by atoms with Gasteiger partial charge in [0, 0.05) is 12.1 Å². The van der Waals surface area contributed by atoms with E-state index in [2.05, 4.69) is 41.4 Å². The van der Waals surface area contributed by atoms with Crippen molar-refractivity contribution < 1.29 is 9.21 Å². The SMILES string of the molecule is Cc1ccc(-c2ccsc2C(=O)NC[C@H](c2ccco2)N2CCCC2)cc1. The van der Waals surface area contributed by atoms with E-state index in [1.807, 2.05) is 23.6 Å². The summed E-state index contributed by atoms with van der Waals surface area (Å²) in [5.41, 5.74) is 3.29. The van der Waals surface area contributed by atoms with Gasteiger partial charge in [0.25, 0.3) is 5.91 Å². The Hall–Kier alpha value is -2.37. The number of likely N-dealkylation sites (tertiary alicyclic amines) is 1. The van der Waals surface area contributed by atoms with E-state index in [4.69, 9.17) is 4.42 Å². The summed E-state index contributed by atoms with van der Waals surface area (Å²) in [4.78, 5) is 16.1. The van der Waals surface area contributed by atoms with Gasteiger partial charge >= 0.3 is 0 Å². The average Bonchev–Trinajstić information content (AvgIpc) is 3.44. The van der Waals surface area contributed by atoms with Crippen LogP contribution in [0.5, 0.6) is 0 Å². The summed E-state index contributed by atoms with van der Waals surface area (Å²) in [5, 5.41) is 5.12. The van der Waals surface area contributed by atoms with Crippen LogP contribution >= 0.6 is 11.3 Å². The fraction of sp³-hybridized carbons (Fsp3) is 0.318. The van der Waals surface area contributed by atoms with Gasteiger partial charge in [-0.05, 0) is 62.0 Å². The van der Waals surface area contributed by atoms with Crippen molar-refractivity contribution in [3.05, 3.63) is 70.3 Å². The maximum absolute atomic E-state index is 12.9. The van der Waals surface area contributed by atoms with Gasteiger partial charge in [0.05, 0.1) is 17.2 Å². The highest BCUT2D eigenvalue weighted by atomic mass is 32.1. The third-order valence-electron chi connectivity index (χ3n) is 5.14. The molecule has 3 aromatic rings. The minimum atomic E-state index is -0.0173. The number of aryl methyl sites for hydroxylation is 1. The summed E-state index contributed by atoms with van der Waals surface area (Å²) in [6.07, 6.45) is 4.11. The molecule has 1 N–H and O–H groups in total. The van der Waals surface area contributed by atoms with Gasteiger partial charge in [-0.2, -0.15) is 0 Å². The number of hydrogen-bond donors (Lipinski definition) is 1. The standard InChI is InChI=1S/C22H24N2O2S/c1-16-6-8-17(9-7-16)18-10-14-27-21(18)22(25)23-15-19(20-5-4-13-26-20)24-11-2-3-12-24/h4-10,13-14,19H,2-3,11-12,15H2,1H3,(H,23,25)/t19-/m1/s1. The summed E-state index contributed by atoms with van der Waals surface area (Å²) in [6.45, 7) is 4.72. The molecular weight excluding hydrogens is 356 g/mol. The molecule has 1 aliphatic rings. The molecule has 27 heavy (non-hydrogen) atoms. The molecule has 1 atom stereocenters. The molecule has 1 aromatic carbocycles. The van der Waals surface area contributed by atoms with Crippen LogP contribution in [0.2, 0.25) is 0 Å². The highest BCUT2D eigenvalue weighted by Gasteiger charge is 2.26. The largest absolute Gasteiger partial charge is 0.468 e. The van der Waals surface area contributed by atoms with Crippen LogP contribution in [-0.4, -0.2) is 30.4 Å². The second-order valence-corrected chi connectivity index (χ2v) is 7.93. The molecule has 3 heterocycles. The molecule has 0 radical (unpaired) electrons. The molecule has 2 aromatic heterocycles. The maximum atomic E-state index is 12.9. The van der Waals surface area contributed by atoms with Crippen LogP contribution in [-0.2, 0) is 0 Å². The normalized spacial score (nSPS) is 15.7. The second kappa shape index (κ2) is 8.11. The van der Waals surface area contributed by atoms with Crippen molar-refractivity contribution in [3.63, 3.8) is 0 Å². The van der Waals surface area contributed by atoms with E-state index in [-0.39, 0.29) is 11.9 Å². The van der Waals surface area contributed by atoms with E-state index >= 15 is 0 Å². The summed E-state index contributed by atoms with van der Waals surface area (Å²) in [5.74, 6) is 0.901. The first-order valence-electron chi connectivity index (χ1n) is 9.42. The fourth-order valence-corrected chi connectivity index (χ4v) is 4.49. The zero-order valence-electron chi connectivity index (χ0n) is 15.5. The Labute approximate surface area is 163 Å². The summed E-state index contributed by atoms with van der Waals surface area (Å²) < 4.78 is 5.64. The number of hydrogen-bond acceptors (Lipinski definition) is 4. The molecule has 5 heteroatoms. The van der Waals surface area contributed by atoms with Crippen LogP contribution in [0.3, 0.4) is 0 Å². The molecule has 1 aliphatic heterocycles. The summed E-state index contributed by atoms with van der Waals surface area (Å²) in [6, 6.07) is 14.3. The monoisotopic (exact) mass is 380 g/mol. The highest BCUT2D eigenvalue weighted by molar-refractivity contribution is 7.12. The molecule has 0 spiro atoms. The molecule has 0 unspecified atom stereocenters. The number of carbonyl (C=O) groups excluding carboxylic acids is 1. The Kier molecular flexibility index (Phi) is 5.41. The zero-order valence-corrected chi connectivity index (χ0v) is 16.3. The first-order valence-corrected chi connectivity index (χ1v) is 10.3. The van der Waals surface area contributed by atoms with Crippen LogP contribution in [0.4, 0.5) is 0 Å². The average molecular weight is 381 g/mol. The molecule has 4 nitrogen and oxygen atoms in total. The molecule has 0 saturated carbocycles. The smallest absolute Gasteiger partial charge is 0.262 e. The van der Waals surface area contributed by atoms with E-state index in [1.165, 1.54) is 29.7 Å². The number of benzene rings is 1. The van der Waals surface area contributed by atoms with Gasteiger partial charge in [-0.3, -0.25) is 9.69 Å². The highest BCUT2D eigenvalue weighted by Crippen LogP contribution is 2.29. The van der Waals surface area contributed by atoms with Gasteiger partial charge in [0.2, 0.25) is 0 Å². The molecule has 140 valence electrons. The van der Waals surface area contributed by atoms with Crippen molar-refractivity contribution in [1.82, 2.24) is 10.2 Å². The van der Waals surface area contributed by atoms with Crippen LogP contribution in [0.1, 0.15) is 39.9 Å². The molecule has 4 rings (SSSR count). The topological polar surface area (TPSA) is 45.5 Å². The van der Waals surface area contributed by atoms with Gasteiger partial charge in [-0.1, -0.05) is 29.8 Å². The Morgan fingerprint density at radius 1 is 1.19 bits per heavy atom. The quantitative estimate of drug-likeness (QED) is 0.663. The minimum Gasteiger partial charge on any atom is -0.468 e. The van der Waals surface area contributed by atoms with E-state index in [1.54, 1.807) is 6.26 Å². The Balaban J connectivity index is 1.49. The van der Waals surface area contributed by atoms with Gasteiger partial charge in [-0.15, -0.1) is 11.3 Å². The van der Waals surface area contributed by atoms with Crippen LogP contribution < -0.4 is 5.32 Å². The molecule has 1 saturated heterocycles. The predicted molar refractivity (Wildman–Crippen MR) is 109 cm³/mol. The number of thiophene rings is 1. The Morgan fingerprint density at radius 3 is 2.67 bits per heavy atom. The van der Waals surface area contributed by atoms with Gasteiger partial charge in [-0.25, -0.2) is 0 Å². The van der Waals surface area contributed by atoms with Crippen molar-refractivity contribution in [2.45, 2.75) is 25.8 Å². The van der Waals surface area contributed by atoms with E-state index in [0.29, 0.717) is 6.54 Å². The molecular formula is C22H24N2O2S. The zero-order chi connectivity index (χ0) is 18.6. The minimum absolute atomic E-state index is 0.0173. The lowest BCUT2D eigenvalue weighted by Crippen LogP contribution is -2.36. The van der Waals surface area contributed by atoms with Crippen molar-refractivity contribution >= 4 is 17.2 Å². The van der Waals surface area contributed by atoms with Crippen molar-refractivity contribution in [2.24, 2.45) is 0 Å². The van der Waals surface area contributed by atoms with E-state index < -0.39 is 0 Å². The Morgan fingerprint density at radius 2 is 1.96 bits per heavy atom. The van der Waals surface area contributed by atoms with Crippen LogP contribution in [0.25, 0.3) is 11.1 Å². The number of amides is 1. The first kappa shape index (κ1) is 18.0. The summed E-state index contributed by atoms with van der Waals surface area (Å²) in [7, 11) is 0. The Bertz CT molecular complexity index is 877. The third kappa shape index (κ3) is 3.99. The lowest BCUT2D eigenvalue weighted by molar-refractivity contribution is 0.0938. The number of carbonyl (C=O) groups is 1. The van der Waals surface area contributed by atoms with Gasteiger partial charge in [0.1, 0.15) is 5.76 Å². The fourth-order valence-electron chi connectivity index (χ4n) is 3.66. The van der Waals surface area contributed by atoms with Crippen molar-refractivity contribution in [3.8, 4) is 11.1 Å². The van der Waals surface area contributed by atoms with Crippen molar-refractivity contribution in [2.75, 3.05) is 19.6 Å².